The molecule has 8 heteroatoms. The van der Waals surface area contributed by atoms with Crippen molar-refractivity contribution in [2.24, 2.45) is 0 Å². The number of aliphatic hydroxyl groups is 1. The van der Waals surface area contributed by atoms with Gasteiger partial charge in [0.15, 0.2) is 5.11 Å². The second-order valence-corrected chi connectivity index (χ2v) is 8.80. The molecule has 1 aliphatic heterocycles. The van der Waals surface area contributed by atoms with Crippen LogP contribution < -0.4 is 5.32 Å². The molecule has 5 nitrogen and oxygen atoms in total. The van der Waals surface area contributed by atoms with Gasteiger partial charge in [-0.2, -0.15) is 0 Å². The Morgan fingerprint density at radius 3 is 2.68 bits per heavy atom. The van der Waals surface area contributed by atoms with Crippen molar-refractivity contribution in [1.29, 1.82) is 0 Å². The summed E-state index contributed by atoms with van der Waals surface area (Å²) in [5.74, 6) is 0. The highest BCUT2D eigenvalue weighted by Gasteiger charge is 2.41. The molecular formula is C23H24Cl2N4OS. The number of nitrogens with zero attached hydrogens (tertiary/aromatic N) is 3. The van der Waals surface area contributed by atoms with Crippen LogP contribution in [0.15, 0.2) is 48.7 Å². The molecule has 0 radical (unpaired) electrons. The number of aliphatic hydroxyl groups excluding tert-OH is 1. The van der Waals surface area contributed by atoms with E-state index in [1.165, 1.54) is 0 Å². The van der Waals surface area contributed by atoms with Crippen LogP contribution in [-0.4, -0.2) is 37.8 Å². The molecule has 3 aromatic rings. The Bertz CT molecular complexity index is 1100. The van der Waals surface area contributed by atoms with Crippen LogP contribution in [0, 0.1) is 13.8 Å². The quantitative estimate of drug-likeness (QED) is 0.483. The van der Waals surface area contributed by atoms with Crippen LogP contribution in [0.3, 0.4) is 0 Å². The fourth-order valence-electron chi connectivity index (χ4n) is 4.35. The van der Waals surface area contributed by atoms with Gasteiger partial charge in [-0.05, 0) is 68.4 Å². The van der Waals surface area contributed by atoms with Gasteiger partial charge >= 0.3 is 0 Å². The molecule has 1 aliphatic rings. The first kappa shape index (κ1) is 22.1. The van der Waals surface area contributed by atoms with E-state index in [0.29, 0.717) is 28.1 Å². The van der Waals surface area contributed by atoms with Gasteiger partial charge in [-0.25, -0.2) is 0 Å². The number of rotatable bonds is 6. The molecule has 1 fully saturated rings. The van der Waals surface area contributed by atoms with Gasteiger partial charge in [0.2, 0.25) is 0 Å². The van der Waals surface area contributed by atoms with E-state index in [-0.39, 0.29) is 18.7 Å². The lowest BCUT2D eigenvalue weighted by atomic mass is 9.96. The van der Waals surface area contributed by atoms with Crippen molar-refractivity contribution >= 4 is 40.5 Å². The summed E-state index contributed by atoms with van der Waals surface area (Å²) in [5, 5.41) is 14.6. The summed E-state index contributed by atoms with van der Waals surface area (Å²) < 4.78 is 2.13. The average molecular weight is 475 g/mol. The molecule has 0 aliphatic carbocycles. The van der Waals surface area contributed by atoms with Gasteiger partial charge in [-0.3, -0.25) is 4.98 Å². The Morgan fingerprint density at radius 2 is 1.97 bits per heavy atom. The summed E-state index contributed by atoms with van der Waals surface area (Å²) in [7, 11) is 0. The lowest BCUT2D eigenvalue weighted by Crippen LogP contribution is -2.31. The number of aromatic nitrogens is 2. The van der Waals surface area contributed by atoms with Crippen molar-refractivity contribution in [1.82, 2.24) is 19.8 Å². The highest BCUT2D eigenvalue weighted by atomic mass is 35.5. The third-order valence-corrected chi connectivity index (χ3v) is 6.88. The highest BCUT2D eigenvalue weighted by Crippen LogP contribution is 2.42. The Labute approximate surface area is 197 Å². The van der Waals surface area contributed by atoms with Gasteiger partial charge in [-0.1, -0.05) is 35.3 Å². The van der Waals surface area contributed by atoms with Crippen LogP contribution in [0.5, 0.6) is 0 Å². The van der Waals surface area contributed by atoms with Crippen molar-refractivity contribution in [2.45, 2.75) is 32.4 Å². The fraction of sp³-hybridized carbons (Fsp3) is 0.304. The zero-order valence-electron chi connectivity index (χ0n) is 17.3. The van der Waals surface area contributed by atoms with Crippen LogP contribution in [0.25, 0.3) is 5.69 Å². The Kier molecular flexibility index (Phi) is 6.53. The first-order chi connectivity index (χ1) is 14.9. The molecule has 2 atom stereocenters. The number of pyridine rings is 1. The first-order valence-electron chi connectivity index (χ1n) is 10.2. The van der Waals surface area contributed by atoms with E-state index in [2.05, 4.69) is 39.7 Å². The second-order valence-electron chi connectivity index (χ2n) is 7.63. The van der Waals surface area contributed by atoms with Crippen molar-refractivity contribution < 1.29 is 5.11 Å². The van der Waals surface area contributed by atoms with Gasteiger partial charge in [0, 0.05) is 30.7 Å². The van der Waals surface area contributed by atoms with Crippen LogP contribution in [0.1, 0.15) is 41.1 Å². The molecule has 1 saturated heterocycles. The topological polar surface area (TPSA) is 53.3 Å². The third kappa shape index (κ3) is 4.05. The first-order valence-corrected chi connectivity index (χ1v) is 11.3. The van der Waals surface area contributed by atoms with Crippen molar-refractivity contribution in [3.8, 4) is 5.69 Å². The van der Waals surface area contributed by atoms with Crippen LogP contribution in [0.2, 0.25) is 10.0 Å². The zero-order valence-corrected chi connectivity index (χ0v) is 19.7. The van der Waals surface area contributed by atoms with Gasteiger partial charge in [0.05, 0.1) is 33.5 Å². The van der Waals surface area contributed by atoms with Crippen molar-refractivity contribution in [3.63, 3.8) is 0 Å². The largest absolute Gasteiger partial charge is 0.396 e. The summed E-state index contributed by atoms with van der Waals surface area (Å²) in [6.07, 6.45) is 2.43. The fourth-order valence-corrected chi connectivity index (χ4v) is 5.06. The molecule has 162 valence electrons. The number of hydrogen-bond donors (Lipinski definition) is 2. The number of halogens is 2. The van der Waals surface area contributed by atoms with Gasteiger partial charge in [0.25, 0.3) is 0 Å². The summed E-state index contributed by atoms with van der Waals surface area (Å²) in [6, 6.07) is 13.6. The standard InChI is InChI=1S/C23H24Cl2N4OS/c1-14-13-16(15(2)29(14)19-9-5-7-17(24)20(19)25)22-21(18-8-3-4-10-26-18)27-23(31)28(22)11-6-12-30/h3-5,7-10,13,21-22,30H,6,11-12H2,1-2H3,(H,27,31)/t21-,22-/m1/s1. The van der Waals surface area contributed by atoms with E-state index in [9.17, 15) is 5.11 Å². The Hall–Kier alpha value is -2.12. The van der Waals surface area contributed by atoms with Gasteiger partial charge < -0.3 is 19.9 Å². The predicted octanol–water partition coefficient (Wildman–Crippen LogP) is 5.15. The van der Waals surface area contributed by atoms with E-state index >= 15 is 0 Å². The number of hydrogen-bond acceptors (Lipinski definition) is 3. The molecule has 4 rings (SSSR count). The zero-order chi connectivity index (χ0) is 22.1. The highest BCUT2D eigenvalue weighted by molar-refractivity contribution is 7.80. The van der Waals surface area contributed by atoms with Crippen LogP contribution in [0.4, 0.5) is 0 Å². The molecule has 2 aromatic heterocycles. The third-order valence-electron chi connectivity index (χ3n) is 5.72. The molecule has 0 saturated carbocycles. The minimum absolute atomic E-state index is 0.0631. The summed E-state index contributed by atoms with van der Waals surface area (Å²) in [5.41, 5.74) is 5.02. The van der Waals surface area contributed by atoms with E-state index in [0.717, 1.165) is 28.3 Å². The van der Waals surface area contributed by atoms with Crippen molar-refractivity contribution in [3.05, 3.63) is 81.4 Å². The van der Waals surface area contributed by atoms with E-state index in [1.54, 1.807) is 12.3 Å². The molecule has 0 unspecified atom stereocenters. The second kappa shape index (κ2) is 9.17. The van der Waals surface area contributed by atoms with E-state index in [4.69, 9.17) is 35.4 Å². The Balaban J connectivity index is 1.84. The monoisotopic (exact) mass is 474 g/mol. The molecule has 0 spiro atoms. The van der Waals surface area contributed by atoms with Gasteiger partial charge in [0.1, 0.15) is 0 Å². The minimum Gasteiger partial charge on any atom is -0.396 e. The molecule has 0 bridgehead atoms. The number of thiocarbonyl (C=S) groups is 1. The number of aryl methyl sites for hydroxylation is 1. The maximum Gasteiger partial charge on any atom is 0.170 e. The number of benzene rings is 1. The van der Waals surface area contributed by atoms with Gasteiger partial charge in [-0.15, -0.1) is 0 Å². The minimum atomic E-state index is -0.101. The lowest BCUT2D eigenvalue weighted by molar-refractivity contribution is 0.247. The van der Waals surface area contributed by atoms with Crippen LogP contribution in [-0.2, 0) is 0 Å². The molecule has 0 amide bonds. The van der Waals surface area contributed by atoms with E-state index in [1.807, 2.05) is 30.3 Å². The SMILES string of the molecule is Cc1cc([C@@H]2[C@@H](c3ccccn3)NC(=S)N2CCCO)c(C)n1-c1cccc(Cl)c1Cl. The summed E-state index contributed by atoms with van der Waals surface area (Å²) >= 11 is 18.5. The van der Waals surface area contributed by atoms with Crippen molar-refractivity contribution in [2.75, 3.05) is 13.2 Å². The average Bonchev–Trinajstić information content (AvgIpc) is 3.24. The molecular weight excluding hydrogens is 451 g/mol. The van der Waals surface area contributed by atoms with E-state index < -0.39 is 0 Å². The Morgan fingerprint density at radius 1 is 1.16 bits per heavy atom. The molecule has 3 heterocycles. The normalized spacial score (nSPS) is 18.5. The summed E-state index contributed by atoms with van der Waals surface area (Å²) in [4.78, 5) is 6.73. The predicted molar refractivity (Wildman–Crippen MR) is 129 cm³/mol. The summed E-state index contributed by atoms with van der Waals surface area (Å²) in [6.45, 7) is 4.90. The molecule has 1 aromatic carbocycles. The lowest BCUT2D eigenvalue weighted by Gasteiger charge is -2.28. The maximum atomic E-state index is 9.43. The molecule has 31 heavy (non-hydrogen) atoms. The smallest absolute Gasteiger partial charge is 0.170 e. The molecule has 2 N–H and O–H groups in total. The maximum absolute atomic E-state index is 9.43. The number of nitrogens with one attached hydrogen (secondary N) is 1. The van der Waals surface area contributed by atoms with Crippen LogP contribution >= 0.6 is 35.4 Å².